The molecule has 1 aliphatic heterocycles. The molecule has 182 valence electrons. The van der Waals surface area contributed by atoms with Gasteiger partial charge in [-0.05, 0) is 66.1 Å². The van der Waals surface area contributed by atoms with E-state index in [0.717, 1.165) is 25.9 Å². The van der Waals surface area contributed by atoms with Crippen LogP contribution in [-0.4, -0.2) is 48.3 Å². The molecule has 0 spiro atoms. The maximum Gasteiger partial charge on any atom is 0.0828 e. The molecular weight excluding hydrogens is 388 g/mol. The van der Waals surface area contributed by atoms with E-state index in [-0.39, 0.29) is 40.8 Å². The Bertz CT molecular complexity index is 578. The summed E-state index contributed by atoms with van der Waals surface area (Å²) in [4.78, 5) is 0. The summed E-state index contributed by atoms with van der Waals surface area (Å²) in [7, 11) is 0. The number of rotatable bonds is 7. The Hall–Kier alpha value is -0.160. The molecule has 0 aromatic carbocycles. The summed E-state index contributed by atoms with van der Waals surface area (Å²) in [6, 6.07) is 0. The van der Waals surface area contributed by atoms with Gasteiger partial charge < -0.3 is 19.7 Å². The molecule has 2 saturated carbocycles. The lowest BCUT2D eigenvalue weighted by molar-refractivity contribution is -0.103. The number of hydrogen-bond donors (Lipinski definition) is 2. The predicted molar refractivity (Wildman–Crippen MR) is 126 cm³/mol. The average molecular weight is 439 g/mol. The zero-order valence-electron chi connectivity index (χ0n) is 21.3. The number of ether oxygens (including phenoxy) is 2. The van der Waals surface area contributed by atoms with Crippen LogP contribution >= 0.6 is 0 Å². The normalized spacial score (nSPS) is 38.0. The molecule has 1 saturated heterocycles. The van der Waals surface area contributed by atoms with Gasteiger partial charge in [0.05, 0.1) is 38.1 Å². The van der Waals surface area contributed by atoms with Crippen molar-refractivity contribution in [3.05, 3.63) is 0 Å². The van der Waals surface area contributed by atoms with Gasteiger partial charge in [0.25, 0.3) is 0 Å². The Kier molecular flexibility index (Phi) is 7.89. The molecule has 7 atom stereocenters. The Morgan fingerprint density at radius 1 is 0.774 bits per heavy atom. The molecule has 3 rings (SSSR count). The quantitative estimate of drug-likeness (QED) is 0.555. The van der Waals surface area contributed by atoms with Crippen molar-refractivity contribution in [2.24, 2.45) is 39.9 Å². The second-order valence-corrected chi connectivity index (χ2v) is 13.4. The van der Waals surface area contributed by atoms with Crippen molar-refractivity contribution < 1.29 is 19.7 Å². The first kappa shape index (κ1) is 25.5. The van der Waals surface area contributed by atoms with Crippen LogP contribution in [0.2, 0.25) is 0 Å². The van der Waals surface area contributed by atoms with Gasteiger partial charge in [0.15, 0.2) is 0 Å². The van der Waals surface area contributed by atoms with Gasteiger partial charge in [0.2, 0.25) is 0 Å². The molecule has 0 aromatic rings. The van der Waals surface area contributed by atoms with E-state index in [1.165, 1.54) is 25.7 Å². The largest absolute Gasteiger partial charge is 0.393 e. The van der Waals surface area contributed by atoms with Crippen LogP contribution in [0.15, 0.2) is 0 Å². The molecule has 4 heteroatoms. The SMILES string of the molecule is CC(C)(C)C1CCCC1OCC(C)(C)C1CCCC(CC(C)(C)C2COCC2O)C1O. The molecule has 31 heavy (non-hydrogen) atoms. The lowest BCUT2D eigenvalue weighted by Gasteiger charge is -2.47. The van der Waals surface area contributed by atoms with Crippen LogP contribution in [0, 0.1) is 39.9 Å². The third kappa shape index (κ3) is 5.86. The molecule has 3 fully saturated rings. The van der Waals surface area contributed by atoms with Crippen molar-refractivity contribution >= 4 is 0 Å². The topological polar surface area (TPSA) is 58.9 Å². The lowest BCUT2D eigenvalue weighted by Crippen LogP contribution is -2.46. The smallest absolute Gasteiger partial charge is 0.0828 e. The third-order valence-corrected chi connectivity index (χ3v) is 9.07. The van der Waals surface area contributed by atoms with Gasteiger partial charge >= 0.3 is 0 Å². The number of aliphatic hydroxyl groups excluding tert-OH is 2. The van der Waals surface area contributed by atoms with Crippen molar-refractivity contribution in [1.29, 1.82) is 0 Å². The molecule has 2 N–H and O–H groups in total. The summed E-state index contributed by atoms with van der Waals surface area (Å²) < 4.78 is 12.1. The molecule has 3 aliphatic rings. The zero-order chi connectivity index (χ0) is 23.0. The first-order valence-electron chi connectivity index (χ1n) is 12.9. The van der Waals surface area contributed by atoms with Crippen molar-refractivity contribution in [1.82, 2.24) is 0 Å². The highest BCUT2D eigenvalue weighted by Crippen LogP contribution is 2.48. The van der Waals surface area contributed by atoms with Crippen molar-refractivity contribution in [3.8, 4) is 0 Å². The predicted octanol–water partition coefficient (Wildman–Crippen LogP) is 5.44. The minimum Gasteiger partial charge on any atom is -0.393 e. The molecule has 2 aliphatic carbocycles. The van der Waals surface area contributed by atoms with Crippen LogP contribution in [-0.2, 0) is 9.47 Å². The molecule has 0 aromatic heterocycles. The molecule has 1 heterocycles. The molecular formula is C27H50O4. The first-order valence-corrected chi connectivity index (χ1v) is 12.9. The summed E-state index contributed by atoms with van der Waals surface area (Å²) in [5.74, 6) is 1.34. The summed E-state index contributed by atoms with van der Waals surface area (Å²) in [6.45, 7) is 17.9. The van der Waals surface area contributed by atoms with E-state index in [1.54, 1.807) is 0 Å². The summed E-state index contributed by atoms with van der Waals surface area (Å²) in [5.41, 5.74) is 0.220. The Morgan fingerprint density at radius 2 is 1.42 bits per heavy atom. The summed E-state index contributed by atoms with van der Waals surface area (Å²) in [5, 5.41) is 21.8. The van der Waals surface area contributed by atoms with Crippen LogP contribution in [0.4, 0.5) is 0 Å². The minimum atomic E-state index is -0.376. The van der Waals surface area contributed by atoms with Gasteiger partial charge in [-0.15, -0.1) is 0 Å². The van der Waals surface area contributed by atoms with Gasteiger partial charge in [-0.2, -0.15) is 0 Å². The third-order valence-electron chi connectivity index (χ3n) is 9.07. The van der Waals surface area contributed by atoms with Gasteiger partial charge in [0, 0.05) is 5.92 Å². The maximum atomic E-state index is 11.5. The minimum absolute atomic E-state index is 0.0339. The Morgan fingerprint density at radius 3 is 2.03 bits per heavy atom. The van der Waals surface area contributed by atoms with E-state index in [4.69, 9.17) is 9.47 Å². The summed E-state index contributed by atoms with van der Waals surface area (Å²) in [6.07, 6.45) is 7.68. The molecule has 0 radical (unpaired) electrons. The van der Waals surface area contributed by atoms with Gasteiger partial charge in [-0.25, -0.2) is 0 Å². The first-order chi connectivity index (χ1) is 14.3. The molecule has 0 amide bonds. The van der Waals surface area contributed by atoms with Crippen molar-refractivity contribution in [2.45, 2.75) is 112 Å². The number of aliphatic hydroxyl groups is 2. The molecule has 0 bridgehead atoms. The highest BCUT2D eigenvalue weighted by atomic mass is 16.5. The van der Waals surface area contributed by atoms with E-state index in [0.29, 0.717) is 30.7 Å². The Labute approximate surface area is 191 Å². The van der Waals surface area contributed by atoms with E-state index in [9.17, 15) is 10.2 Å². The van der Waals surface area contributed by atoms with Gasteiger partial charge in [-0.3, -0.25) is 0 Å². The van der Waals surface area contributed by atoms with Crippen LogP contribution in [0.25, 0.3) is 0 Å². The monoisotopic (exact) mass is 438 g/mol. The zero-order valence-corrected chi connectivity index (χ0v) is 21.3. The fourth-order valence-electron chi connectivity index (χ4n) is 7.01. The Balaban J connectivity index is 1.61. The molecule has 4 nitrogen and oxygen atoms in total. The lowest BCUT2D eigenvalue weighted by atomic mass is 9.62. The van der Waals surface area contributed by atoms with Crippen LogP contribution in [0.5, 0.6) is 0 Å². The maximum absolute atomic E-state index is 11.5. The van der Waals surface area contributed by atoms with E-state index in [1.807, 2.05) is 0 Å². The van der Waals surface area contributed by atoms with E-state index in [2.05, 4.69) is 48.5 Å². The fraction of sp³-hybridized carbons (Fsp3) is 1.00. The second-order valence-electron chi connectivity index (χ2n) is 13.4. The standard InChI is InChI=1S/C27H50O4/c1-25(2,3)19-11-9-13-23(19)31-17-27(6,7)20-12-8-10-18(24(20)29)14-26(4,5)21-15-30-16-22(21)28/h18-24,28-29H,8-17H2,1-7H3. The van der Waals surface area contributed by atoms with E-state index >= 15 is 0 Å². The van der Waals surface area contributed by atoms with Crippen LogP contribution in [0.1, 0.15) is 93.4 Å². The van der Waals surface area contributed by atoms with Gasteiger partial charge in [0.1, 0.15) is 0 Å². The van der Waals surface area contributed by atoms with Crippen LogP contribution in [0.3, 0.4) is 0 Å². The van der Waals surface area contributed by atoms with Gasteiger partial charge in [-0.1, -0.05) is 61.3 Å². The van der Waals surface area contributed by atoms with E-state index < -0.39 is 0 Å². The molecule has 7 unspecified atom stereocenters. The average Bonchev–Trinajstić information content (AvgIpc) is 3.30. The van der Waals surface area contributed by atoms with Crippen molar-refractivity contribution in [2.75, 3.05) is 19.8 Å². The fourth-order valence-corrected chi connectivity index (χ4v) is 7.01. The second kappa shape index (κ2) is 9.60. The van der Waals surface area contributed by atoms with Crippen LogP contribution < -0.4 is 0 Å². The highest BCUT2D eigenvalue weighted by Gasteiger charge is 2.46. The number of hydrogen-bond acceptors (Lipinski definition) is 4. The summed E-state index contributed by atoms with van der Waals surface area (Å²) >= 11 is 0. The van der Waals surface area contributed by atoms with Crippen molar-refractivity contribution in [3.63, 3.8) is 0 Å². The highest BCUT2D eigenvalue weighted by molar-refractivity contribution is 4.95.